The third-order valence-electron chi connectivity index (χ3n) is 3.23. The summed E-state index contributed by atoms with van der Waals surface area (Å²) in [4.78, 5) is 23.7. The van der Waals surface area contributed by atoms with E-state index in [4.69, 9.17) is 16.6 Å². The summed E-state index contributed by atoms with van der Waals surface area (Å²) >= 11 is 6.09. The van der Waals surface area contributed by atoms with E-state index in [0.717, 1.165) is 11.8 Å². The number of amides is 1. The van der Waals surface area contributed by atoms with Crippen molar-refractivity contribution in [2.45, 2.75) is 0 Å². The first-order valence-electron chi connectivity index (χ1n) is 6.74. The minimum Gasteiger partial charge on any atom is -0.507 e. The van der Waals surface area contributed by atoms with Crippen molar-refractivity contribution in [1.29, 1.82) is 0 Å². The summed E-state index contributed by atoms with van der Waals surface area (Å²) in [7, 11) is 1.24. The number of esters is 1. The van der Waals surface area contributed by atoms with E-state index in [2.05, 4.69) is 10.1 Å². The van der Waals surface area contributed by atoms with E-state index in [-0.39, 0.29) is 17.2 Å². The van der Waals surface area contributed by atoms with Crippen LogP contribution < -0.4 is 5.32 Å². The number of phenols is 1. The molecule has 1 aromatic carbocycles. The van der Waals surface area contributed by atoms with Crippen LogP contribution in [0.5, 0.6) is 5.75 Å². The third kappa shape index (κ3) is 3.19. The number of benzene rings is 1. The van der Waals surface area contributed by atoms with Crippen LogP contribution in [-0.4, -0.2) is 28.4 Å². The molecule has 0 atom stereocenters. The first-order valence-corrected chi connectivity index (χ1v) is 7.97. The molecule has 0 unspecified atom stereocenters. The molecule has 1 aliphatic heterocycles. The van der Waals surface area contributed by atoms with Gasteiger partial charge < -0.3 is 19.6 Å². The summed E-state index contributed by atoms with van der Waals surface area (Å²) in [6.07, 6.45) is 1.59. The highest BCUT2D eigenvalue weighted by atomic mass is 32.2. The summed E-state index contributed by atoms with van der Waals surface area (Å²) in [6.45, 7) is 0. The topological polar surface area (TPSA) is 88.8 Å². The lowest BCUT2D eigenvalue weighted by Gasteiger charge is -2.04. The average Bonchev–Trinajstić information content (AvgIpc) is 3.14. The van der Waals surface area contributed by atoms with Gasteiger partial charge in [0.25, 0.3) is 5.91 Å². The largest absolute Gasteiger partial charge is 0.507 e. The molecular formula is C16H11NO5S2. The van der Waals surface area contributed by atoms with Crippen LogP contribution in [0.4, 0.5) is 0 Å². The highest BCUT2D eigenvalue weighted by Gasteiger charge is 2.22. The van der Waals surface area contributed by atoms with E-state index < -0.39 is 5.97 Å². The fourth-order valence-electron chi connectivity index (χ4n) is 2.10. The Hall–Kier alpha value is -2.58. The van der Waals surface area contributed by atoms with E-state index >= 15 is 0 Å². The number of rotatable bonds is 3. The Kier molecular flexibility index (Phi) is 4.41. The zero-order valence-electron chi connectivity index (χ0n) is 12.4. The SMILES string of the molecule is COC(=O)c1cc(-c2ccc(C=C3SC(=S)NC3=O)o2)ccc1O. The second-order valence-electron chi connectivity index (χ2n) is 4.78. The maximum atomic E-state index is 11.6. The Morgan fingerprint density at radius 3 is 2.83 bits per heavy atom. The lowest BCUT2D eigenvalue weighted by Crippen LogP contribution is -2.17. The maximum Gasteiger partial charge on any atom is 0.341 e. The predicted molar refractivity (Wildman–Crippen MR) is 93.5 cm³/mol. The van der Waals surface area contributed by atoms with Gasteiger partial charge in [0.15, 0.2) is 0 Å². The number of methoxy groups -OCH3 is 1. The molecule has 1 aromatic heterocycles. The minimum atomic E-state index is -0.643. The molecular weight excluding hydrogens is 350 g/mol. The molecule has 8 heteroatoms. The van der Waals surface area contributed by atoms with Crippen molar-refractivity contribution in [3.05, 3.63) is 46.6 Å². The van der Waals surface area contributed by atoms with Gasteiger partial charge in [-0.15, -0.1) is 0 Å². The monoisotopic (exact) mass is 361 g/mol. The normalized spacial score (nSPS) is 15.6. The summed E-state index contributed by atoms with van der Waals surface area (Å²) in [5.74, 6) is -0.124. The number of furan rings is 1. The van der Waals surface area contributed by atoms with Gasteiger partial charge in [-0.25, -0.2) is 4.79 Å². The van der Waals surface area contributed by atoms with Crippen LogP contribution in [0.3, 0.4) is 0 Å². The maximum absolute atomic E-state index is 11.6. The first-order chi connectivity index (χ1) is 11.5. The summed E-state index contributed by atoms with van der Waals surface area (Å²) in [6, 6.07) is 7.88. The van der Waals surface area contributed by atoms with Crippen molar-refractivity contribution in [3.63, 3.8) is 0 Å². The van der Waals surface area contributed by atoms with Crippen LogP contribution in [0.25, 0.3) is 17.4 Å². The van der Waals surface area contributed by atoms with Crippen LogP contribution in [0.1, 0.15) is 16.1 Å². The molecule has 1 fully saturated rings. The van der Waals surface area contributed by atoms with E-state index in [9.17, 15) is 14.7 Å². The fourth-order valence-corrected chi connectivity index (χ4v) is 3.12. The van der Waals surface area contributed by atoms with Crippen molar-refractivity contribution in [3.8, 4) is 17.1 Å². The van der Waals surface area contributed by atoms with Gasteiger partial charge in [-0.05, 0) is 30.3 Å². The van der Waals surface area contributed by atoms with E-state index in [0.29, 0.717) is 26.3 Å². The van der Waals surface area contributed by atoms with Gasteiger partial charge in [0.2, 0.25) is 0 Å². The predicted octanol–water partition coefficient (Wildman–Crippen LogP) is 2.93. The zero-order valence-corrected chi connectivity index (χ0v) is 14.0. The molecule has 122 valence electrons. The summed E-state index contributed by atoms with van der Waals surface area (Å²) in [5, 5.41) is 12.3. The zero-order chi connectivity index (χ0) is 17.3. The van der Waals surface area contributed by atoms with Crippen LogP contribution >= 0.6 is 24.0 Å². The number of thioether (sulfide) groups is 1. The van der Waals surface area contributed by atoms with Gasteiger partial charge in [-0.1, -0.05) is 24.0 Å². The number of hydrogen-bond acceptors (Lipinski definition) is 7. The number of aromatic hydroxyl groups is 1. The van der Waals surface area contributed by atoms with Crippen LogP contribution in [0.2, 0.25) is 0 Å². The number of hydrogen-bond donors (Lipinski definition) is 2. The number of carbonyl (C=O) groups is 2. The van der Waals surface area contributed by atoms with E-state index in [1.165, 1.54) is 19.2 Å². The molecule has 2 N–H and O–H groups in total. The van der Waals surface area contributed by atoms with Crippen LogP contribution in [-0.2, 0) is 9.53 Å². The molecule has 24 heavy (non-hydrogen) atoms. The molecule has 0 spiro atoms. The Bertz CT molecular complexity index is 884. The number of carbonyl (C=O) groups excluding carboxylic acids is 2. The quantitative estimate of drug-likeness (QED) is 0.494. The Morgan fingerprint density at radius 1 is 1.38 bits per heavy atom. The van der Waals surface area contributed by atoms with Crippen LogP contribution in [0, 0.1) is 0 Å². The number of nitrogens with one attached hydrogen (secondary N) is 1. The average molecular weight is 361 g/mol. The van der Waals surface area contributed by atoms with Crippen LogP contribution in [0.15, 0.2) is 39.7 Å². The summed E-state index contributed by atoms with van der Waals surface area (Å²) in [5.41, 5.74) is 0.638. The van der Waals surface area contributed by atoms with E-state index in [1.54, 1.807) is 24.3 Å². The van der Waals surface area contributed by atoms with Gasteiger partial charge in [-0.3, -0.25) is 4.79 Å². The lowest BCUT2D eigenvalue weighted by molar-refractivity contribution is -0.115. The standard InChI is InChI=1S/C16H11NO5S2/c1-21-15(20)10-6-8(2-4-11(10)18)12-5-3-9(22-12)7-13-14(19)17-16(23)24-13/h2-7,18H,1H3,(H,17,19,23). The van der Waals surface area contributed by atoms with Gasteiger partial charge in [0.05, 0.1) is 12.0 Å². The van der Waals surface area contributed by atoms with Crippen molar-refractivity contribution in [2.75, 3.05) is 7.11 Å². The van der Waals surface area contributed by atoms with Crippen molar-refractivity contribution < 1.29 is 23.8 Å². The molecule has 2 aromatic rings. The molecule has 2 heterocycles. The highest BCUT2D eigenvalue weighted by molar-refractivity contribution is 8.26. The number of ether oxygens (including phenoxy) is 1. The Morgan fingerprint density at radius 2 is 2.17 bits per heavy atom. The minimum absolute atomic E-state index is 0.0439. The molecule has 1 aliphatic rings. The molecule has 1 amide bonds. The molecule has 0 aliphatic carbocycles. The molecule has 0 radical (unpaired) electrons. The Labute approximate surface area is 146 Å². The first kappa shape index (κ1) is 16.3. The van der Waals surface area contributed by atoms with Gasteiger partial charge in [-0.2, -0.15) is 0 Å². The summed E-state index contributed by atoms with van der Waals surface area (Å²) < 4.78 is 10.7. The lowest BCUT2D eigenvalue weighted by atomic mass is 10.1. The van der Waals surface area contributed by atoms with Gasteiger partial charge >= 0.3 is 5.97 Å². The second kappa shape index (κ2) is 6.50. The fraction of sp³-hybridized carbons (Fsp3) is 0.0625. The van der Waals surface area contributed by atoms with E-state index in [1.807, 2.05) is 0 Å². The molecule has 6 nitrogen and oxygen atoms in total. The van der Waals surface area contributed by atoms with Crippen molar-refractivity contribution in [2.24, 2.45) is 0 Å². The molecule has 0 bridgehead atoms. The Balaban J connectivity index is 1.91. The van der Waals surface area contributed by atoms with Crippen molar-refractivity contribution in [1.82, 2.24) is 5.32 Å². The molecule has 1 saturated heterocycles. The highest BCUT2D eigenvalue weighted by Crippen LogP contribution is 2.30. The van der Waals surface area contributed by atoms with Gasteiger partial charge in [0, 0.05) is 11.6 Å². The van der Waals surface area contributed by atoms with Gasteiger partial charge in [0.1, 0.15) is 27.2 Å². The number of phenolic OH excluding ortho intramolecular Hbond substituents is 1. The smallest absolute Gasteiger partial charge is 0.341 e. The molecule has 3 rings (SSSR count). The third-order valence-corrected chi connectivity index (χ3v) is 4.39. The number of thiocarbonyl (C=S) groups is 1. The second-order valence-corrected chi connectivity index (χ2v) is 6.50. The molecule has 0 saturated carbocycles. The van der Waals surface area contributed by atoms with Crippen molar-refractivity contribution >= 4 is 46.3 Å².